The summed E-state index contributed by atoms with van der Waals surface area (Å²) in [6, 6.07) is 6.16. The number of carbonyl (C=O) groups is 2. The molecule has 0 aliphatic carbocycles. The summed E-state index contributed by atoms with van der Waals surface area (Å²) in [4.78, 5) is 38.3. The number of nitrogen functional groups attached to an aromatic ring is 1. The normalized spacial score (nSPS) is 18.9. The lowest BCUT2D eigenvalue weighted by Crippen LogP contribution is -2.45. The van der Waals surface area contributed by atoms with Gasteiger partial charge in [0.2, 0.25) is 17.9 Å². The number of aromatic nitrogens is 4. The third kappa shape index (κ3) is 8.97. The number of ether oxygens (including phenoxy) is 3. The highest BCUT2D eigenvalue weighted by Crippen LogP contribution is 2.46. The molecule has 51 heavy (non-hydrogen) atoms. The van der Waals surface area contributed by atoms with Crippen molar-refractivity contribution in [2.24, 2.45) is 11.3 Å². The lowest BCUT2D eigenvalue weighted by molar-refractivity contribution is -0.198. The van der Waals surface area contributed by atoms with Crippen LogP contribution in [0.1, 0.15) is 78.2 Å². The van der Waals surface area contributed by atoms with E-state index in [9.17, 15) is 22.8 Å². The van der Waals surface area contributed by atoms with Crippen LogP contribution >= 0.6 is 11.6 Å². The Morgan fingerprint density at radius 3 is 2.33 bits per heavy atom. The third-order valence-electron chi connectivity index (χ3n) is 9.28. The summed E-state index contributed by atoms with van der Waals surface area (Å²) in [6.07, 6.45) is -5.18. The Morgan fingerprint density at radius 1 is 1.06 bits per heavy atom. The highest BCUT2D eigenvalue weighted by molar-refractivity contribution is 6.30. The molecule has 1 spiro atoms. The first-order valence-corrected chi connectivity index (χ1v) is 17.3. The van der Waals surface area contributed by atoms with Gasteiger partial charge in [-0.15, -0.1) is 0 Å². The van der Waals surface area contributed by atoms with Gasteiger partial charge >= 0.3 is 18.2 Å². The van der Waals surface area contributed by atoms with E-state index in [4.69, 9.17) is 31.5 Å². The number of hydrogen-bond donors (Lipinski definition) is 1. The van der Waals surface area contributed by atoms with Gasteiger partial charge in [-0.05, 0) is 83.4 Å². The molecule has 1 aromatic carbocycles. The first-order chi connectivity index (χ1) is 23.7. The van der Waals surface area contributed by atoms with Gasteiger partial charge in [0.1, 0.15) is 23.6 Å². The Morgan fingerprint density at radius 2 is 1.75 bits per heavy atom. The van der Waals surface area contributed by atoms with Crippen LogP contribution in [0.4, 0.5) is 29.7 Å². The maximum absolute atomic E-state index is 14.7. The van der Waals surface area contributed by atoms with Crippen molar-refractivity contribution in [1.82, 2.24) is 24.6 Å². The molecular weight excluding hydrogens is 691 g/mol. The number of benzene rings is 1. The first kappa shape index (κ1) is 38.0. The maximum Gasteiger partial charge on any atom is 0.429 e. The zero-order chi connectivity index (χ0) is 37.5. The van der Waals surface area contributed by atoms with Crippen LogP contribution in [-0.2, 0) is 14.3 Å². The van der Waals surface area contributed by atoms with Crippen LogP contribution in [0.5, 0.6) is 5.88 Å². The lowest BCUT2D eigenvalue weighted by Gasteiger charge is -2.39. The van der Waals surface area contributed by atoms with Crippen LogP contribution < -0.4 is 15.4 Å². The summed E-state index contributed by atoms with van der Waals surface area (Å²) in [5.41, 5.74) is 5.31. The van der Waals surface area contributed by atoms with Crippen molar-refractivity contribution in [2.45, 2.75) is 97.8 Å². The second-order valence-corrected chi connectivity index (χ2v) is 15.2. The Bertz CT molecular complexity index is 1740. The van der Waals surface area contributed by atoms with Gasteiger partial charge in [0.15, 0.2) is 0 Å². The molecule has 1 amide bonds. The lowest BCUT2D eigenvalue weighted by atomic mass is 9.76. The van der Waals surface area contributed by atoms with Crippen molar-refractivity contribution in [3.8, 4) is 11.6 Å². The predicted molar refractivity (Wildman–Crippen MR) is 185 cm³/mol. The average Bonchev–Trinajstić information content (AvgIpc) is 3.63. The number of halogens is 4. The predicted octanol–water partition coefficient (Wildman–Crippen LogP) is 7.07. The van der Waals surface area contributed by atoms with Crippen LogP contribution in [0.2, 0.25) is 5.02 Å². The Hall–Kier alpha value is -4.27. The van der Waals surface area contributed by atoms with E-state index in [1.165, 1.54) is 40.0 Å². The number of aryl methyl sites for hydroxylation is 1. The molecule has 2 N–H and O–H groups in total. The third-order valence-corrected chi connectivity index (χ3v) is 9.52. The van der Waals surface area contributed by atoms with Crippen molar-refractivity contribution in [3.05, 3.63) is 52.8 Å². The number of carbonyl (C=O) groups excluding carboxylic acids is 2. The highest BCUT2D eigenvalue weighted by Gasteiger charge is 2.52. The molecule has 16 heteroatoms. The number of alkyl halides is 3. The van der Waals surface area contributed by atoms with E-state index in [2.05, 4.69) is 15.1 Å². The molecule has 2 fully saturated rings. The van der Waals surface area contributed by atoms with Gasteiger partial charge in [-0.1, -0.05) is 31.5 Å². The number of rotatable bonds is 8. The molecule has 1 unspecified atom stereocenters. The molecule has 2 aromatic heterocycles. The Kier molecular flexibility index (Phi) is 10.7. The monoisotopic (exact) mass is 735 g/mol. The minimum Gasteiger partial charge on any atom is -0.461 e. The molecule has 2 aliphatic heterocycles. The van der Waals surface area contributed by atoms with Crippen molar-refractivity contribution in [2.75, 3.05) is 30.3 Å². The molecule has 0 bridgehead atoms. The van der Waals surface area contributed by atoms with Crippen molar-refractivity contribution < 1.29 is 37.0 Å². The number of hydrogen-bond acceptors (Lipinski definition) is 10. The van der Waals surface area contributed by atoms with E-state index in [1.54, 1.807) is 33.8 Å². The smallest absolute Gasteiger partial charge is 0.429 e. The van der Waals surface area contributed by atoms with Gasteiger partial charge in [-0.3, -0.25) is 4.90 Å². The molecule has 12 nitrogen and oxygen atoms in total. The second-order valence-electron chi connectivity index (χ2n) is 14.8. The summed E-state index contributed by atoms with van der Waals surface area (Å²) >= 11 is 6.17. The molecular formula is C35H45ClF3N7O5. The van der Waals surface area contributed by atoms with Crippen LogP contribution in [0.3, 0.4) is 0 Å². The number of amides is 1. The minimum absolute atomic E-state index is 0.0945. The van der Waals surface area contributed by atoms with Gasteiger partial charge in [0.05, 0.1) is 11.4 Å². The fourth-order valence-corrected chi connectivity index (χ4v) is 6.48. The summed E-state index contributed by atoms with van der Waals surface area (Å²) in [5, 5.41) is 4.49. The molecule has 0 radical (unpaired) electrons. The van der Waals surface area contributed by atoms with E-state index < -0.39 is 41.4 Å². The maximum atomic E-state index is 14.7. The number of piperidine rings is 1. The average molecular weight is 736 g/mol. The van der Waals surface area contributed by atoms with Crippen molar-refractivity contribution >= 4 is 35.4 Å². The van der Waals surface area contributed by atoms with E-state index in [-0.39, 0.29) is 52.5 Å². The van der Waals surface area contributed by atoms with E-state index in [1.807, 2.05) is 25.7 Å². The summed E-state index contributed by atoms with van der Waals surface area (Å²) in [7, 11) is 0. The highest BCUT2D eigenvalue weighted by atomic mass is 35.5. The van der Waals surface area contributed by atoms with Gasteiger partial charge in [0, 0.05) is 42.5 Å². The SMILES string of the molecule is Cc1ccn(-c2cc(Cl)ccc2[C@@H](Oc2cc(N3CCC4(CC3)C[C@@H](C(=O)OC(C)C(C)C)N(C(=O)OC(C)(C)C)C4)nc(N)n2)C(F)(F)F)n1. The quantitative estimate of drug-likeness (QED) is 0.239. The van der Waals surface area contributed by atoms with E-state index >= 15 is 0 Å². The number of likely N-dealkylation sites (tertiary alicyclic amines) is 1. The molecule has 0 saturated carbocycles. The molecule has 2 saturated heterocycles. The molecule has 4 heterocycles. The van der Waals surface area contributed by atoms with Gasteiger partial charge < -0.3 is 24.8 Å². The minimum atomic E-state index is -4.85. The van der Waals surface area contributed by atoms with Crippen LogP contribution in [0.25, 0.3) is 5.69 Å². The number of nitrogens with zero attached hydrogens (tertiary/aromatic N) is 6. The molecule has 278 valence electrons. The zero-order valence-corrected chi connectivity index (χ0v) is 30.6. The summed E-state index contributed by atoms with van der Waals surface area (Å²) < 4.78 is 62.3. The van der Waals surface area contributed by atoms with Crippen molar-refractivity contribution in [3.63, 3.8) is 0 Å². The molecule has 2 aliphatic rings. The number of nitrogens with two attached hydrogens (primary N) is 1. The van der Waals surface area contributed by atoms with Crippen LogP contribution in [0, 0.1) is 18.3 Å². The molecule has 3 aromatic rings. The first-order valence-electron chi connectivity index (χ1n) is 16.9. The summed E-state index contributed by atoms with van der Waals surface area (Å²) in [6.45, 7) is 13.9. The standard InChI is InChI=1S/C35H45ClF3N7O5/c1-20(2)22(4)49-30(47)26-18-34(19-45(26)32(48)51-33(5,6)7)11-14-44(15-12-34)27-17-28(42-31(40)41-27)50-29(35(37,38)39)24-9-8-23(36)16-25(24)46-13-10-21(3)43-46/h8-10,13,16-17,20,22,26,29H,11-12,14-15,18-19H2,1-7H3,(H2,40,41,42)/t22?,26-,29+/m0/s1. The largest absolute Gasteiger partial charge is 0.461 e. The van der Waals surface area contributed by atoms with E-state index in [0.29, 0.717) is 38.0 Å². The van der Waals surface area contributed by atoms with Gasteiger partial charge in [0.25, 0.3) is 0 Å². The number of anilines is 2. The van der Waals surface area contributed by atoms with Crippen molar-refractivity contribution in [1.29, 1.82) is 0 Å². The van der Waals surface area contributed by atoms with Gasteiger partial charge in [-0.25, -0.2) is 14.3 Å². The van der Waals surface area contributed by atoms with Crippen LogP contribution in [-0.4, -0.2) is 80.3 Å². The molecule has 5 rings (SSSR count). The second kappa shape index (κ2) is 14.4. The Labute approximate surface area is 300 Å². The van der Waals surface area contributed by atoms with E-state index in [0.717, 1.165) is 0 Å². The molecule has 3 atom stereocenters. The van der Waals surface area contributed by atoms with Crippen LogP contribution in [0.15, 0.2) is 36.5 Å². The summed E-state index contributed by atoms with van der Waals surface area (Å²) in [5.74, 6) is -0.719. The fourth-order valence-electron chi connectivity index (χ4n) is 6.32. The Balaban J connectivity index is 1.36. The number of esters is 1. The zero-order valence-electron chi connectivity index (χ0n) is 29.8. The topological polar surface area (TPSA) is 138 Å². The fraction of sp³-hybridized carbons (Fsp3) is 0.571. The van der Waals surface area contributed by atoms with Gasteiger partial charge in [-0.2, -0.15) is 28.2 Å².